The van der Waals surface area contributed by atoms with Crippen molar-refractivity contribution in [1.82, 2.24) is 14.5 Å². The van der Waals surface area contributed by atoms with Gasteiger partial charge in [-0.3, -0.25) is 4.79 Å². The fourth-order valence-corrected chi connectivity index (χ4v) is 8.33. The van der Waals surface area contributed by atoms with Crippen LogP contribution < -0.4 is 14.8 Å². The Morgan fingerprint density at radius 3 is 1.96 bits per heavy atom. The first-order chi connectivity index (χ1) is 24.8. The topological polar surface area (TPSA) is 125 Å². The molecule has 3 fully saturated rings. The molecule has 1 amide bonds. The van der Waals surface area contributed by atoms with Gasteiger partial charge in [-0.05, 0) is 84.8 Å². The third-order valence-corrected chi connectivity index (χ3v) is 11.6. The van der Waals surface area contributed by atoms with Gasteiger partial charge in [0, 0.05) is 44.2 Å². The molecule has 2 saturated heterocycles. The minimum Gasteiger partial charge on any atom is -0.493 e. The van der Waals surface area contributed by atoms with Gasteiger partial charge in [-0.25, -0.2) is 13.2 Å². The minimum absolute atomic E-state index is 0.168. The Labute approximate surface area is 306 Å². The second-order valence-electron chi connectivity index (χ2n) is 13.1. The second kappa shape index (κ2) is 17.8. The summed E-state index contributed by atoms with van der Waals surface area (Å²) in [7, 11) is -3.93. The number of sulfonamides is 1. The van der Waals surface area contributed by atoms with E-state index in [0.717, 1.165) is 11.1 Å². The van der Waals surface area contributed by atoms with Crippen LogP contribution in [0.4, 0.5) is 13.2 Å². The number of piperazine rings is 1. The van der Waals surface area contributed by atoms with Crippen LogP contribution in [0.15, 0.2) is 77.7 Å². The number of ether oxygens (including phenoxy) is 2. The van der Waals surface area contributed by atoms with Crippen LogP contribution in [0.3, 0.4) is 0 Å². The monoisotopic (exact) mass is 765 g/mol. The van der Waals surface area contributed by atoms with Crippen LogP contribution in [0.5, 0.6) is 11.5 Å². The summed E-state index contributed by atoms with van der Waals surface area (Å²) in [5.41, 5.74) is 2.09. The molecule has 52 heavy (non-hydrogen) atoms. The van der Waals surface area contributed by atoms with E-state index in [2.05, 4.69) is 5.32 Å². The lowest BCUT2D eigenvalue weighted by Crippen LogP contribution is -2.58. The number of nitrogens with zero attached hydrogens (tertiary/aromatic N) is 2. The first-order valence-corrected chi connectivity index (χ1v) is 19.2. The molecule has 2 heterocycles. The van der Waals surface area contributed by atoms with Gasteiger partial charge in [-0.1, -0.05) is 55.1 Å². The SMILES string of the molecule is O=C(O)C(F)(F)F.O=C([C@@H]1C[C@H](Oc2ccc(-c3ccc(Cl)cc3)cc2)CCN1S(=O)(=O)c1ccc(OCC2CCCCC2)cc1)N1CCNCC1. The van der Waals surface area contributed by atoms with Crippen molar-refractivity contribution in [2.75, 3.05) is 39.3 Å². The highest BCUT2D eigenvalue weighted by atomic mass is 35.5. The first-order valence-electron chi connectivity index (χ1n) is 17.4. The molecule has 0 radical (unpaired) electrons. The van der Waals surface area contributed by atoms with E-state index in [1.807, 2.05) is 48.5 Å². The van der Waals surface area contributed by atoms with E-state index in [-0.39, 0.29) is 29.9 Å². The summed E-state index contributed by atoms with van der Waals surface area (Å²) in [5, 5.41) is 11.1. The number of hydrogen-bond acceptors (Lipinski definition) is 7. The van der Waals surface area contributed by atoms with Crippen LogP contribution in [-0.2, 0) is 19.6 Å². The third-order valence-electron chi connectivity index (χ3n) is 9.44. The molecular formula is C37H43ClF3N3O7S. The lowest BCUT2D eigenvalue weighted by Gasteiger charge is -2.40. The number of piperidine rings is 1. The van der Waals surface area contributed by atoms with Crippen molar-refractivity contribution in [1.29, 1.82) is 0 Å². The number of carbonyl (C=O) groups is 2. The molecule has 1 aliphatic carbocycles. The predicted octanol–water partition coefficient (Wildman–Crippen LogP) is 6.63. The molecule has 0 spiro atoms. The Balaban J connectivity index is 0.000000679. The van der Waals surface area contributed by atoms with Crippen molar-refractivity contribution in [2.45, 2.75) is 68.2 Å². The average Bonchev–Trinajstić information content (AvgIpc) is 3.15. The van der Waals surface area contributed by atoms with Gasteiger partial charge in [0.15, 0.2) is 0 Å². The molecule has 282 valence electrons. The summed E-state index contributed by atoms with van der Waals surface area (Å²) in [6.45, 7) is 3.33. The van der Waals surface area contributed by atoms with Crippen molar-refractivity contribution in [2.24, 2.45) is 5.92 Å². The van der Waals surface area contributed by atoms with Crippen LogP contribution in [0.2, 0.25) is 5.02 Å². The number of halogens is 4. The Bertz CT molecular complexity index is 1730. The van der Waals surface area contributed by atoms with Crippen molar-refractivity contribution in [3.05, 3.63) is 77.8 Å². The van der Waals surface area contributed by atoms with E-state index < -0.39 is 28.2 Å². The van der Waals surface area contributed by atoms with Crippen molar-refractivity contribution in [3.8, 4) is 22.6 Å². The minimum atomic E-state index is -5.08. The maximum atomic E-state index is 14.0. The molecule has 0 bridgehead atoms. The lowest BCUT2D eigenvalue weighted by atomic mass is 9.90. The highest BCUT2D eigenvalue weighted by Gasteiger charge is 2.43. The van der Waals surface area contributed by atoms with Crippen molar-refractivity contribution < 1.29 is 45.8 Å². The normalized spacial score (nSPS) is 20.3. The number of carbonyl (C=O) groups excluding carboxylic acids is 1. The molecule has 10 nitrogen and oxygen atoms in total. The molecule has 3 aliphatic rings. The zero-order valence-corrected chi connectivity index (χ0v) is 30.1. The molecule has 2 aliphatic heterocycles. The van der Waals surface area contributed by atoms with Crippen LogP contribution in [0.1, 0.15) is 44.9 Å². The number of carboxylic acids is 1. The molecule has 2 N–H and O–H groups in total. The second-order valence-corrected chi connectivity index (χ2v) is 15.4. The number of alkyl halides is 3. The largest absolute Gasteiger partial charge is 0.493 e. The number of amides is 1. The number of carboxylic acid groups (broad SMARTS) is 1. The van der Waals surface area contributed by atoms with Gasteiger partial charge < -0.3 is 24.8 Å². The number of hydrogen-bond donors (Lipinski definition) is 2. The summed E-state index contributed by atoms with van der Waals surface area (Å²) < 4.78 is 73.5. The zero-order valence-electron chi connectivity index (χ0n) is 28.6. The summed E-state index contributed by atoms with van der Waals surface area (Å²) in [5.74, 6) is -1.01. The van der Waals surface area contributed by atoms with Crippen LogP contribution in [0.25, 0.3) is 11.1 Å². The molecule has 15 heteroatoms. The summed E-state index contributed by atoms with van der Waals surface area (Å²) in [4.78, 5) is 24.7. The van der Waals surface area contributed by atoms with E-state index in [0.29, 0.717) is 61.6 Å². The van der Waals surface area contributed by atoms with Gasteiger partial charge in [0.2, 0.25) is 15.9 Å². The molecule has 0 unspecified atom stereocenters. The summed E-state index contributed by atoms with van der Waals surface area (Å²) in [6.07, 6.45) is 1.53. The van der Waals surface area contributed by atoms with E-state index >= 15 is 0 Å². The van der Waals surface area contributed by atoms with Gasteiger partial charge in [0.25, 0.3) is 0 Å². The molecule has 3 aromatic carbocycles. The number of rotatable bonds is 9. The highest BCUT2D eigenvalue weighted by molar-refractivity contribution is 7.89. The van der Waals surface area contributed by atoms with Crippen LogP contribution in [-0.4, -0.2) is 92.3 Å². The molecule has 1 saturated carbocycles. The van der Waals surface area contributed by atoms with E-state index in [1.54, 1.807) is 29.2 Å². The van der Waals surface area contributed by atoms with E-state index in [9.17, 15) is 26.4 Å². The van der Waals surface area contributed by atoms with E-state index in [4.69, 9.17) is 31.0 Å². The summed E-state index contributed by atoms with van der Waals surface area (Å²) in [6, 6.07) is 21.3. The Morgan fingerprint density at radius 1 is 0.827 bits per heavy atom. The number of aliphatic carboxylic acids is 1. The van der Waals surface area contributed by atoms with Gasteiger partial charge >= 0.3 is 12.1 Å². The first kappa shape index (κ1) is 39.4. The molecule has 6 rings (SSSR count). The molecule has 2 atom stereocenters. The Morgan fingerprint density at radius 2 is 1.38 bits per heavy atom. The Hall–Kier alpha value is -3.85. The fourth-order valence-electron chi connectivity index (χ4n) is 6.60. The molecule has 0 aromatic heterocycles. The van der Waals surface area contributed by atoms with Crippen molar-refractivity contribution >= 4 is 33.5 Å². The zero-order chi connectivity index (χ0) is 37.3. The number of benzene rings is 3. The molecular weight excluding hydrogens is 723 g/mol. The van der Waals surface area contributed by atoms with Gasteiger partial charge in [-0.15, -0.1) is 0 Å². The molecule has 3 aromatic rings. The average molecular weight is 766 g/mol. The predicted molar refractivity (Wildman–Crippen MR) is 190 cm³/mol. The lowest BCUT2D eigenvalue weighted by molar-refractivity contribution is -0.192. The van der Waals surface area contributed by atoms with Gasteiger partial charge in [0.1, 0.15) is 23.6 Å². The Kier molecular flexibility index (Phi) is 13.5. The quantitative estimate of drug-likeness (QED) is 0.249. The highest BCUT2D eigenvalue weighted by Crippen LogP contribution is 2.32. The maximum absolute atomic E-state index is 14.0. The summed E-state index contributed by atoms with van der Waals surface area (Å²) >= 11 is 6.04. The maximum Gasteiger partial charge on any atom is 0.490 e. The van der Waals surface area contributed by atoms with Crippen molar-refractivity contribution in [3.63, 3.8) is 0 Å². The van der Waals surface area contributed by atoms with Gasteiger partial charge in [0.05, 0.1) is 11.5 Å². The van der Waals surface area contributed by atoms with Crippen LogP contribution >= 0.6 is 11.6 Å². The van der Waals surface area contributed by atoms with E-state index in [1.165, 1.54) is 36.4 Å². The smallest absolute Gasteiger partial charge is 0.490 e. The van der Waals surface area contributed by atoms with Gasteiger partial charge in [-0.2, -0.15) is 17.5 Å². The standard InChI is InChI=1S/C35H42ClN3O5S.C2HF3O2/c36-29-10-6-27(7-11-29)28-8-12-31(13-9-28)44-32-18-21-39(34(24-32)35(40)38-22-19-37-20-23-38)45(41,42)33-16-14-30(15-17-33)43-25-26-4-2-1-3-5-26;3-2(4,5)1(6)7/h6-17,26,32,34,37H,1-5,18-25H2;(H,6,7)/t32-,34+;/m1./s1. The third kappa shape index (κ3) is 10.6. The van der Waals surface area contributed by atoms with Crippen LogP contribution in [0, 0.1) is 5.92 Å². The fraction of sp³-hybridized carbons (Fsp3) is 0.459. The number of nitrogens with one attached hydrogen (secondary N) is 1.